The highest BCUT2D eigenvalue weighted by Crippen LogP contribution is 2.27. The van der Waals surface area contributed by atoms with Crippen molar-refractivity contribution in [1.82, 2.24) is 14.8 Å². The van der Waals surface area contributed by atoms with Crippen LogP contribution in [0.1, 0.15) is 5.56 Å². The second kappa shape index (κ2) is 5.13. The third-order valence-electron chi connectivity index (χ3n) is 3.43. The van der Waals surface area contributed by atoms with Crippen molar-refractivity contribution in [2.24, 2.45) is 0 Å². The van der Waals surface area contributed by atoms with Crippen molar-refractivity contribution in [3.05, 3.63) is 62.8 Å². The zero-order valence-corrected chi connectivity index (χ0v) is 11.5. The number of nitrogens with zero attached hydrogens (tertiary/aromatic N) is 4. The van der Waals surface area contributed by atoms with Crippen LogP contribution in [0.4, 0.5) is 0 Å². The predicted octanol–water partition coefficient (Wildman–Crippen LogP) is 1.87. The maximum Gasteiger partial charge on any atom is 0.309 e. The highest BCUT2D eigenvalue weighted by Gasteiger charge is 2.34. The fourth-order valence-corrected chi connectivity index (χ4v) is 2.65. The van der Waals surface area contributed by atoms with E-state index in [1.807, 2.05) is 21.9 Å². The molecule has 1 saturated heterocycles. The molecule has 20 heavy (non-hydrogen) atoms. The van der Waals surface area contributed by atoms with Gasteiger partial charge < -0.3 is 9.80 Å². The molecule has 104 valence electrons. The van der Waals surface area contributed by atoms with E-state index in [0.29, 0.717) is 17.5 Å². The molecule has 7 heteroatoms. The van der Waals surface area contributed by atoms with Gasteiger partial charge >= 0.3 is 5.70 Å². The molecule has 1 aromatic rings. The largest absolute Gasteiger partial charge is 0.347 e. The van der Waals surface area contributed by atoms with Gasteiger partial charge in [-0.2, -0.15) is 0 Å². The van der Waals surface area contributed by atoms with Gasteiger partial charge in [0.05, 0.1) is 4.92 Å². The summed E-state index contributed by atoms with van der Waals surface area (Å²) < 4.78 is 0. The lowest BCUT2D eigenvalue weighted by molar-refractivity contribution is -0.422. The summed E-state index contributed by atoms with van der Waals surface area (Å²) in [5, 5.41) is 11.6. The van der Waals surface area contributed by atoms with E-state index >= 15 is 0 Å². The van der Waals surface area contributed by atoms with E-state index < -0.39 is 0 Å². The second-order valence-electron chi connectivity index (χ2n) is 4.73. The van der Waals surface area contributed by atoms with Crippen LogP contribution in [0.3, 0.4) is 0 Å². The molecule has 0 radical (unpaired) electrons. The Bertz CT molecular complexity index is 597. The standard InChI is InChI=1S/C13H13ClN4O2/c14-12-4-3-10(8-15-12)9-17-7-6-16-5-1-2-11(13(16)17)18(19)20/h1-4,8H,5-7,9H2. The lowest BCUT2D eigenvalue weighted by atomic mass is 10.2. The van der Waals surface area contributed by atoms with Crippen molar-refractivity contribution in [2.75, 3.05) is 19.6 Å². The van der Waals surface area contributed by atoms with E-state index in [1.165, 1.54) is 0 Å². The van der Waals surface area contributed by atoms with Crippen LogP contribution in [0.15, 0.2) is 42.0 Å². The molecule has 0 aliphatic carbocycles. The number of nitro groups is 1. The van der Waals surface area contributed by atoms with Crippen LogP contribution in [-0.2, 0) is 6.54 Å². The Morgan fingerprint density at radius 2 is 2.25 bits per heavy atom. The van der Waals surface area contributed by atoms with E-state index in [1.54, 1.807) is 18.3 Å². The van der Waals surface area contributed by atoms with E-state index in [4.69, 9.17) is 11.6 Å². The molecule has 0 spiro atoms. The number of rotatable bonds is 3. The molecule has 1 aromatic heterocycles. The molecule has 0 amide bonds. The van der Waals surface area contributed by atoms with Crippen LogP contribution in [0.2, 0.25) is 5.15 Å². The van der Waals surface area contributed by atoms with Gasteiger partial charge in [-0.15, -0.1) is 0 Å². The first kappa shape index (κ1) is 12.9. The first-order valence-electron chi connectivity index (χ1n) is 6.30. The van der Waals surface area contributed by atoms with Crippen molar-refractivity contribution >= 4 is 11.6 Å². The number of halogens is 1. The summed E-state index contributed by atoms with van der Waals surface area (Å²) in [5.41, 5.74) is 1.15. The summed E-state index contributed by atoms with van der Waals surface area (Å²) >= 11 is 5.76. The van der Waals surface area contributed by atoms with Gasteiger partial charge in [0.25, 0.3) is 0 Å². The Hall–Kier alpha value is -2.08. The molecular formula is C13H13ClN4O2. The normalized spacial score (nSPS) is 17.6. The van der Waals surface area contributed by atoms with Crippen LogP contribution in [0, 0.1) is 10.1 Å². The zero-order valence-electron chi connectivity index (χ0n) is 10.7. The molecule has 0 atom stereocenters. The van der Waals surface area contributed by atoms with Gasteiger partial charge in [-0.05, 0) is 11.6 Å². The van der Waals surface area contributed by atoms with Crippen LogP contribution in [0.25, 0.3) is 0 Å². The van der Waals surface area contributed by atoms with Crippen molar-refractivity contribution in [3.8, 4) is 0 Å². The third-order valence-corrected chi connectivity index (χ3v) is 3.65. The minimum Gasteiger partial charge on any atom is -0.347 e. The number of pyridine rings is 1. The summed E-state index contributed by atoms with van der Waals surface area (Å²) in [4.78, 5) is 18.9. The number of hydrogen-bond acceptors (Lipinski definition) is 5. The Kier molecular flexibility index (Phi) is 3.31. The fraction of sp³-hybridized carbons (Fsp3) is 0.308. The minimum absolute atomic E-state index is 0.163. The topological polar surface area (TPSA) is 62.5 Å². The van der Waals surface area contributed by atoms with Crippen molar-refractivity contribution < 1.29 is 4.92 Å². The monoisotopic (exact) mass is 292 g/mol. The molecule has 3 heterocycles. The van der Waals surface area contributed by atoms with Gasteiger partial charge in [0.1, 0.15) is 5.15 Å². The molecule has 0 unspecified atom stereocenters. The Balaban J connectivity index is 1.88. The molecule has 0 saturated carbocycles. The highest BCUT2D eigenvalue weighted by molar-refractivity contribution is 6.29. The van der Waals surface area contributed by atoms with Crippen LogP contribution < -0.4 is 0 Å². The first-order valence-corrected chi connectivity index (χ1v) is 6.68. The molecule has 2 aliphatic rings. The van der Waals surface area contributed by atoms with E-state index in [9.17, 15) is 10.1 Å². The summed E-state index contributed by atoms with van der Waals surface area (Å²) in [7, 11) is 0. The number of fused-ring (bicyclic) bond motifs is 1. The Morgan fingerprint density at radius 3 is 2.95 bits per heavy atom. The predicted molar refractivity (Wildman–Crippen MR) is 74.4 cm³/mol. The van der Waals surface area contributed by atoms with Gasteiger partial charge in [0.2, 0.25) is 0 Å². The van der Waals surface area contributed by atoms with E-state index in [-0.39, 0.29) is 10.6 Å². The van der Waals surface area contributed by atoms with Crippen molar-refractivity contribution in [1.29, 1.82) is 0 Å². The van der Waals surface area contributed by atoms with E-state index in [2.05, 4.69) is 4.98 Å². The van der Waals surface area contributed by atoms with Gasteiger partial charge in [0.15, 0.2) is 5.82 Å². The average molecular weight is 293 g/mol. The van der Waals surface area contributed by atoms with Crippen LogP contribution in [0.5, 0.6) is 0 Å². The lowest BCUT2D eigenvalue weighted by Crippen LogP contribution is -2.28. The molecule has 0 aromatic carbocycles. The molecular weight excluding hydrogens is 280 g/mol. The van der Waals surface area contributed by atoms with Crippen LogP contribution in [-0.4, -0.2) is 39.3 Å². The third kappa shape index (κ3) is 2.34. The summed E-state index contributed by atoms with van der Waals surface area (Å²) in [6.45, 7) is 2.90. The summed E-state index contributed by atoms with van der Waals surface area (Å²) in [6.07, 6.45) is 5.12. The number of aromatic nitrogens is 1. The van der Waals surface area contributed by atoms with Crippen molar-refractivity contribution in [3.63, 3.8) is 0 Å². The minimum atomic E-state index is -0.323. The fourth-order valence-electron chi connectivity index (χ4n) is 2.54. The first-order chi connectivity index (χ1) is 9.65. The molecule has 0 bridgehead atoms. The van der Waals surface area contributed by atoms with Gasteiger partial charge in [-0.3, -0.25) is 10.1 Å². The second-order valence-corrected chi connectivity index (χ2v) is 5.11. The SMILES string of the molecule is O=[N+]([O-])C1=C2N(CC=C1)CCN2Cc1ccc(Cl)nc1. The quantitative estimate of drug-likeness (QED) is 0.483. The lowest BCUT2D eigenvalue weighted by Gasteiger charge is -2.25. The number of hydrogen-bond donors (Lipinski definition) is 0. The van der Waals surface area contributed by atoms with Gasteiger partial charge in [0, 0.05) is 38.5 Å². The maximum atomic E-state index is 11.2. The molecule has 3 rings (SSSR count). The zero-order chi connectivity index (χ0) is 14.1. The molecule has 6 nitrogen and oxygen atoms in total. The molecule has 1 fully saturated rings. The molecule has 0 N–H and O–H groups in total. The van der Waals surface area contributed by atoms with Gasteiger partial charge in [-0.25, -0.2) is 4.98 Å². The Labute approximate surface area is 121 Å². The molecule has 2 aliphatic heterocycles. The Morgan fingerprint density at radius 1 is 1.40 bits per heavy atom. The van der Waals surface area contributed by atoms with E-state index in [0.717, 1.165) is 25.2 Å². The highest BCUT2D eigenvalue weighted by atomic mass is 35.5. The maximum absolute atomic E-state index is 11.2. The smallest absolute Gasteiger partial charge is 0.309 e. The van der Waals surface area contributed by atoms with Crippen molar-refractivity contribution in [2.45, 2.75) is 6.54 Å². The summed E-state index contributed by atoms with van der Waals surface area (Å²) in [6, 6.07) is 3.62. The summed E-state index contributed by atoms with van der Waals surface area (Å²) in [5.74, 6) is 0.701. The van der Waals surface area contributed by atoms with Crippen LogP contribution >= 0.6 is 11.6 Å². The number of allylic oxidation sites excluding steroid dienone is 1. The average Bonchev–Trinajstić information content (AvgIpc) is 2.84. The van der Waals surface area contributed by atoms with Gasteiger partial charge in [-0.1, -0.05) is 23.7 Å².